The molecule has 1 aliphatic heterocycles. The summed E-state index contributed by atoms with van der Waals surface area (Å²) < 4.78 is 1.72. The third-order valence-corrected chi connectivity index (χ3v) is 8.13. The lowest BCUT2D eigenvalue weighted by atomic mass is 10.1. The van der Waals surface area contributed by atoms with Crippen molar-refractivity contribution in [2.45, 2.75) is 45.7 Å². The molecule has 1 N–H and O–H groups in total. The number of anilines is 1. The van der Waals surface area contributed by atoms with Crippen molar-refractivity contribution in [3.63, 3.8) is 0 Å². The van der Waals surface area contributed by atoms with Crippen LogP contribution in [0.4, 0.5) is 5.82 Å². The first kappa shape index (κ1) is 26.0. The van der Waals surface area contributed by atoms with Gasteiger partial charge >= 0.3 is 0 Å². The second-order valence-corrected chi connectivity index (χ2v) is 10.5. The van der Waals surface area contributed by atoms with Crippen molar-refractivity contribution in [2.24, 2.45) is 0 Å². The number of hydrogen-bond donors (Lipinski definition) is 1. The molecule has 4 aromatic rings. The summed E-state index contributed by atoms with van der Waals surface area (Å²) in [6, 6.07) is 9.53. The molecule has 0 bridgehead atoms. The van der Waals surface area contributed by atoms with E-state index in [9.17, 15) is 9.59 Å². The molecule has 1 fully saturated rings. The van der Waals surface area contributed by atoms with Gasteiger partial charge in [0.15, 0.2) is 5.65 Å². The second-order valence-electron chi connectivity index (χ2n) is 9.54. The molecule has 5 heterocycles. The number of amides is 1. The highest BCUT2D eigenvalue weighted by molar-refractivity contribution is 7.13. The molecule has 0 spiro atoms. The normalized spacial score (nSPS) is 16.3. The topological polar surface area (TPSA) is 95.7 Å². The van der Waals surface area contributed by atoms with Crippen LogP contribution in [0.2, 0.25) is 0 Å². The highest BCUT2D eigenvalue weighted by atomic mass is 32.1. The Morgan fingerprint density at radius 2 is 2.08 bits per heavy atom. The van der Waals surface area contributed by atoms with E-state index < -0.39 is 0 Å². The largest absolute Gasteiger partial charge is 0.350 e. The minimum atomic E-state index is -0.246. The lowest BCUT2D eigenvalue weighted by molar-refractivity contribution is -0.108. The fourth-order valence-corrected chi connectivity index (χ4v) is 5.78. The zero-order chi connectivity index (χ0) is 26.6. The van der Waals surface area contributed by atoms with Crippen LogP contribution < -0.4 is 10.2 Å². The van der Waals surface area contributed by atoms with Gasteiger partial charge in [-0.1, -0.05) is 19.9 Å². The maximum atomic E-state index is 13.4. The van der Waals surface area contributed by atoms with Crippen molar-refractivity contribution in [1.82, 2.24) is 29.8 Å². The molecule has 0 aromatic carbocycles. The van der Waals surface area contributed by atoms with Gasteiger partial charge in [0.1, 0.15) is 12.1 Å². The van der Waals surface area contributed by atoms with E-state index in [0.717, 1.165) is 54.9 Å². The first-order chi connectivity index (χ1) is 18.5. The third kappa shape index (κ3) is 5.19. The predicted octanol–water partition coefficient (Wildman–Crippen LogP) is 4.15. The highest BCUT2D eigenvalue weighted by Gasteiger charge is 2.27. The number of aldehydes is 1. The van der Waals surface area contributed by atoms with E-state index in [2.05, 4.69) is 36.1 Å². The Labute approximate surface area is 226 Å². The molecule has 9 nitrogen and oxygen atoms in total. The standard InChI is InChI=1S/C28H33N7O2S/c1-4-33(5-2)19(3)16-29-28(37)20-14-24(31-26(15-20)34-11-6-8-21(34)18-36)22-17-30-35-12-10-23(32-27(22)35)25-9-7-13-38-25/h7,9-10,12-15,17-19,21H,4-6,8,11,16H2,1-3H3,(H,29,37)/t19-,21-/m0/s1. The number of likely N-dealkylation sites (N-methyl/N-ethyl adjacent to an activating group) is 1. The van der Waals surface area contributed by atoms with Crippen molar-refractivity contribution < 1.29 is 9.59 Å². The van der Waals surface area contributed by atoms with E-state index in [1.54, 1.807) is 34.2 Å². The predicted molar refractivity (Wildman–Crippen MR) is 151 cm³/mol. The Morgan fingerprint density at radius 3 is 2.82 bits per heavy atom. The molecule has 1 aliphatic rings. The monoisotopic (exact) mass is 531 g/mol. The van der Waals surface area contributed by atoms with E-state index >= 15 is 0 Å². The summed E-state index contributed by atoms with van der Waals surface area (Å²) in [7, 11) is 0. The van der Waals surface area contributed by atoms with Gasteiger partial charge in [-0.3, -0.25) is 9.69 Å². The maximum absolute atomic E-state index is 13.4. The van der Waals surface area contributed by atoms with Crippen molar-refractivity contribution in [3.05, 3.63) is 53.7 Å². The molecular weight excluding hydrogens is 498 g/mol. The molecule has 1 amide bonds. The molecule has 0 radical (unpaired) electrons. The van der Waals surface area contributed by atoms with Crippen LogP contribution in [-0.2, 0) is 4.79 Å². The fraction of sp³-hybridized carbons (Fsp3) is 0.393. The van der Waals surface area contributed by atoms with Crippen molar-refractivity contribution >= 4 is 35.0 Å². The van der Waals surface area contributed by atoms with E-state index in [1.807, 2.05) is 34.7 Å². The summed E-state index contributed by atoms with van der Waals surface area (Å²) >= 11 is 1.63. The number of nitrogens with one attached hydrogen (secondary N) is 1. The molecular formula is C28H33N7O2S. The lowest BCUT2D eigenvalue weighted by Gasteiger charge is -2.26. The van der Waals surface area contributed by atoms with E-state index in [0.29, 0.717) is 29.3 Å². The Morgan fingerprint density at radius 1 is 1.24 bits per heavy atom. The summed E-state index contributed by atoms with van der Waals surface area (Å²) in [4.78, 5) is 40.3. The minimum absolute atomic E-state index is 0.167. The Hall–Kier alpha value is -3.63. The average molecular weight is 532 g/mol. The number of fused-ring (bicyclic) bond motifs is 1. The molecule has 10 heteroatoms. The maximum Gasteiger partial charge on any atom is 0.251 e. The molecule has 0 unspecified atom stereocenters. The smallest absolute Gasteiger partial charge is 0.251 e. The van der Waals surface area contributed by atoms with Crippen LogP contribution in [0, 0.1) is 0 Å². The van der Waals surface area contributed by atoms with Crippen LogP contribution in [0.1, 0.15) is 44.0 Å². The van der Waals surface area contributed by atoms with Crippen LogP contribution in [-0.4, -0.2) is 74.9 Å². The van der Waals surface area contributed by atoms with Gasteiger partial charge < -0.3 is 15.0 Å². The van der Waals surface area contributed by atoms with Gasteiger partial charge in [0, 0.05) is 30.9 Å². The number of hydrogen-bond acceptors (Lipinski definition) is 8. The third-order valence-electron chi connectivity index (χ3n) is 7.24. The fourth-order valence-electron chi connectivity index (χ4n) is 5.08. The summed E-state index contributed by atoms with van der Waals surface area (Å²) in [5.41, 5.74) is 3.36. The summed E-state index contributed by atoms with van der Waals surface area (Å²) in [5.74, 6) is 0.451. The number of carbonyl (C=O) groups excluding carboxylic acids is 2. The second kappa shape index (κ2) is 11.4. The number of pyridine rings is 1. The number of aromatic nitrogens is 4. The van der Waals surface area contributed by atoms with E-state index in [4.69, 9.17) is 9.97 Å². The number of thiophene rings is 1. The minimum Gasteiger partial charge on any atom is -0.350 e. The summed E-state index contributed by atoms with van der Waals surface area (Å²) in [5, 5.41) is 9.61. The zero-order valence-corrected chi connectivity index (χ0v) is 22.8. The number of rotatable bonds is 10. The van der Waals surface area contributed by atoms with Crippen LogP contribution in [0.3, 0.4) is 0 Å². The Balaban J connectivity index is 1.53. The quantitative estimate of drug-likeness (QED) is 0.307. The van der Waals surface area contributed by atoms with Crippen LogP contribution in [0.25, 0.3) is 27.5 Å². The summed E-state index contributed by atoms with van der Waals surface area (Å²) in [6.07, 6.45) is 6.27. The van der Waals surface area contributed by atoms with Crippen molar-refractivity contribution in [2.75, 3.05) is 31.1 Å². The first-order valence-corrected chi connectivity index (χ1v) is 14.0. The van der Waals surface area contributed by atoms with Gasteiger partial charge in [-0.25, -0.2) is 14.5 Å². The molecule has 38 heavy (non-hydrogen) atoms. The summed E-state index contributed by atoms with van der Waals surface area (Å²) in [6.45, 7) is 9.47. The Kier molecular flexibility index (Phi) is 7.80. The molecule has 0 saturated carbocycles. The molecule has 198 valence electrons. The number of nitrogens with zero attached hydrogens (tertiary/aromatic N) is 6. The van der Waals surface area contributed by atoms with Crippen molar-refractivity contribution in [1.29, 1.82) is 0 Å². The van der Waals surface area contributed by atoms with Gasteiger partial charge in [0.2, 0.25) is 0 Å². The molecule has 0 aliphatic carbocycles. The highest BCUT2D eigenvalue weighted by Crippen LogP contribution is 2.31. The lowest BCUT2D eigenvalue weighted by Crippen LogP contribution is -2.42. The SMILES string of the molecule is CCN(CC)[C@@H](C)CNC(=O)c1cc(-c2cnn3ccc(-c4cccs4)nc23)nc(N2CCC[C@H]2C=O)c1. The molecule has 5 rings (SSSR count). The molecule has 2 atom stereocenters. The molecule has 4 aromatic heterocycles. The van der Waals surface area contributed by atoms with Gasteiger partial charge in [0.05, 0.1) is 34.1 Å². The first-order valence-electron chi connectivity index (χ1n) is 13.2. The van der Waals surface area contributed by atoms with E-state index in [1.165, 1.54) is 0 Å². The molecule has 1 saturated heterocycles. The number of carbonyl (C=O) groups is 2. The van der Waals surface area contributed by atoms with Crippen LogP contribution in [0.5, 0.6) is 0 Å². The van der Waals surface area contributed by atoms with Crippen LogP contribution in [0.15, 0.2) is 48.1 Å². The van der Waals surface area contributed by atoms with Gasteiger partial charge in [0.25, 0.3) is 5.91 Å². The van der Waals surface area contributed by atoms with Crippen molar-refractivity contribution in [3.8, 4) is 21.8 Å². The van der Waals surface area contributed by atoms with E-state index in [-0.39, 0.29) is 18.0 Å². The zero-order valence-electron chi connectivity index (χ0n) is 22.0. The van der Waals surface area contributed by atoms with Gasteiger partial charge in [-0.2, -0.15) is 5.10 Å². The van der Waals surface area contributed by atoms with Gasteiger partial charge in [-0.05, 0) is 62.5 Å². The van der Waals surface area contributed by atoms with Crippen LogP contribution >= 0.6 is 11.3 Å². The average Bonchev–Trinajstić information content (AvgIpc) is 3.72. The van der Waals surface area contributed by atoms with Gasteiger partial charge in [-0.15, -0.1) is 11.3 Å². The Bertz CT molecular complexity index is 1410.